The molecule has 3 rings (SSSR count). The highest BCUT2D eigenvalue weighted by molar-refractivity contribution is 5.35. The predicted octanol–water partition coefficient (Wildman–Crippen LogP) is 5.13. The number of benzene rings is 2. The average molecular weight is 268 g/mol. The molecule has 2 heteroatoms. The molecule has 0 bridgehead atoms. The molecule has 102 valence electrons. The first-order valence-corrected chi connectivity index (χ1v) is 6.99. The summed E-state index contributed by atoms with van der Waals surface area (Å²) < 4.78 is 19.4. The Balaban J connectivity index is 1.72. The van der Waals surface area contributed by atoms with Crippen molar-refractivity contribution in [3.05, 3.63) is 72.1 Å². The Morgan fingerprint density at radius 3 is 2.65 bits per heavy atom. The van der Waals surface area contributed by atoms with Crippen molar-refractivity contribution in [2.75, 3.05) is 0 Å². The van der Waals surface area contributed by atoms with E-state index >= 15 is 0 Å². The van der Waals surface area contributed by atoms with Crippen LogP contribution in [-0.2, 0) is 6.42 Å². The molecule has 0 unspecified atom stereocenters. The second kappa shape index (κ2) is 5.91. The highest BCUT2D eigenvalue weighted by atomic mass is 19.1. The average Bonchev–Trinajstić information content (AvgIpc) is 3.28. The van der Waals surface area contributed by atoms with Crippen LogP contribution in [0, 0.1) is 11.7 Å². The highest BCUT2D eigenvalue weighted by Crippen LogP contribution is 2.30. The van der Waals surface area contributed by atoms with Crippen LogP contribution in [0.2, 0.25) is 0 Å². The fourth-order valence-corrected chi connectivity index (χ4v) is 2.05. The lowest BCUT2D eigenvalue weighted by molar-refractivity contribution is 0.441. The summed E-state index contributed by atoms with van der Waals surface area (Å²) in [5, 5.41) is 0. The van der Waals surface area contributed by atoms with Crippen LogP contribution in [0.4, 0.5) is 4.39 Å². The Hall–Kier alpha value is -2.09. The lowest BCUT2D eigenvalue weighted by Gasteiger charge is -2.08. The molecule has 1 aliphatic carbocycles. The third-order valence-corrected chi connectivity index (χ3v) is 3.35. The zero-order chi connectivity index (χ0) is 13.8. The highest BCUT2D eigenvalue weighted by Gasteiger charge is 2.16. The van der Waals surface area contributed by atoms with Gasteiger partial charge in [0.1, 0.15) is 5.75 Å². The minimum Gasteiger partial charge on any atom is -0.454 e. The van der Waals surface area contributed by atoms with Crippen molar-refractivity contribution >= 4 is 0 Å². The van der Waals surface area contributed by atoms with Crippen molar-refractivity contribution in [1.82, 2.24) is 0 Å². The summed E-state index contributed by atoms with van der Waals surface area (Å²) in [5.74, 6) is 1.38. The Kier molecular flexibility index (Phi) is 3.82. The molecule has 1 aliphatic rings. The van der Waals surface area contributed by atoms with Crippen molar-refractivity contribution in [2.45, 2.75) is 19.3 Å². The van der Waals surface area contributed by atoms with Crippen LogP contribution >= 0.6 is 0 Å². The number of para-hydroxylation sites is 1. The fourth-order valence-electron chi connectivity index (χ4n) is 2.05. The number of rotatable bonds is 5. The summed E-state index contributed by atoms with van der Waals surface area (Å²) in [6, 6.07) is 14.3. The molecule has 0 spiro atoms. The van der Waals surface area contributed by atoms with Crippen molar-refractivity contribution in [2.24, 2.45) is 5.92 Å². The molecule has 1 saturated carbocycles. The Labute approximate surface area is 118 Å². The number of hydrogen-bond acceptors (Lipinski definition) is 1. The van der Waals surface area contributed by atoms with E-state index in [2.05, 4.69) is 12.2 Å². The van der Waals surface area contributed by atoms with E-state index in [1.165, 1.54) is 18.9 Å². The van der Waals surface area contributed by atoms with Crippen LogP contribution in [0.25, 0.3) is 0 Å². The summed E-state index contributed by atoms with van der Waals surface area (Å²) in [4.78, 5) is 0. The first kappa shape index (κ1) is 12.9. The third-order valence-electron chi connectivity index (χ3n) is 3.35. The first-order chi connectivity index (χ1) is 9.81. The monoisotopic (exact) mass is 268 g/mol. The summed E-state index contributed by atoms with van der Waals surface area (Å²) in [6.07, 6.45) is 7.85. The predicted molar refractivity (Wildman–Crippen MR) is 78.5 cm³/mol. The molecule has 0 N–H and O–H groups in total. The lowest BCUT2D eigenvalue weighted by atomic mass is 10.1. The Morgan fingerprint density at radius 1 is 1.10 bits per heavy atom. The SMILES string of the molecule is Fc1ccc(C/C=C/C2CC2)cc1Oc1ccccc1. The van der Waals surface area contributed by atoms with Gasteiger partial charge in [-0.3, -0.25) is 0 Å². The van der Waals surface area contributed by atoms with Gasteiger partial charge in [-0.2, -0.15) is 0 Å². The standard InChI is InChI=1S/C18H17FO/c19-17-12-11-15(6-4-5-14-9-10-14)13-18(17)20-16-7-2-1-3-8-16/h1-5,7-8,11-14H,6,9-10H2/b5-4+. The van der Waals surface area contributed by atoms with E-state index in [1.54, 1.807) is 6.07 Å². The summed E-state index contributed by atoms with van der Waals surface area (Å²) in [6.45, 7) is 0. The van der Waals surface area contributed by atoms with Gasteiger partial charge in [-0.05, 0) is 55.0 Å². The minimum atomic E-state index is -0.330. The molecular formula is C18H17FO. The number of halogens is 1. The van der Waals surface area contributed by atoms with Crippen molar-refractivity contribution < 1.29 is 9.13 Å². The quantitative estimate of drug-likeness (QED) is 0.683. The van der Waals surface area contributed by atoms with Crippen LogP contribution in [-0.4, -0.2) is 0 Å². The molecule has 0 saturated heterocycles. The van der Waals surface area contributed by atoms with Crippen LogP contribution < -0.4 is 4.74 Å². The Bertz CT molecular complexity index is 600. The number of ether oxygens (including phenoxy) is 1. The largest absolute Gasteiger partial charge is 0.454 e. The molecule has 1 nitrogen and oxygen atoms in total. The number of hydrogen-bond donors (Lipinski definition) is 0. The lowest BCUT2D eigenvalue weighted by Crippen LogP contribution is -1.91. The topological polar surface area (TPSA) is 9.23 Å². The van der Waals surface area contributed by atoms with Gasteiger partial charge in [0.25, 0.3) is 0 Å². The van der Waals surface area contributed by atoms with E-state index in [-0.39, 0.29) is 11.6 Å². The molecule has 0 heterocycles. The minimum absolute atomic E-state index is 0.286. The van der Waals surface area contributed by atoms with Gasteiger partial charge in [-0.1, -0.05) is 36.4 Å². The van der Waals surface area contributed by atoms with Crippen molar-refractivity contribution in [3.8, 4) is 11.5 Å². The molecule has 0 radical (unpaired) electrons. The molecule has 1 fully saturated rings. The van der Waals surface area contributed by atoms with E-state index in [9.17, 15) is 4.39 Å². The van der Waals surface area contributed by atoms with E-state index in [0.717, 1.165) is 17.9 Å². The smallest absolute Gasteiger partial charge is 0.165 e. The van der Waals surface area contributed by atoms with Crippen LogP contribution in [0.5, 0.6) is 11.5 Å². The first-order valence-electron chi connectivity index (χ1n) is 6.99. The number of allylic oxidation sites excluding steroid dienone is 2. The molecule has 0 atom stereocenters. The van der Waals surface area contributed by atoms with Crippen molar-refractivity contribution in [3.63, 3.8) is 0 Å². The second-order valence-corrected chi connectivity index (χ2v) is 5.15. The molecular weight excluding hydrogens is 251 g/mol. The second-order valence-electron chi connectivity index (χ2n) is 5.15. The van der Waals surface area contributed by atoms with Gasteiger partial charge in [0.05, 0.1) is 0 Å². The van der Waals surface area contributed by atoms with Crippen LogP contribution in [0.3, 0.4) is 0 Å². The van der Waals surface area contributed by atoms with E-state index in [4.69, 9.17) is 4.74 Å². The van der Waals surface area contributed by atoms with Gasteiger partial charge in [-0.25, -0.2) is 4.39 Å². The van der Waals surface area contributed by atoms with Gasteiger partial charge < -0.3 is 4.74 Å². The summed E-state index contributed by atoms with van der Waals surface area (Å²) in [7, 11) is 0. The molecule has 0 aromatic heterocycles. The van der Waals surface area contributed by atoms with Gasteiger partial charge >= 0.3 is 0 Å². The maximum absolute atomic E-state index is 13.8. The van der Waals surface area contributed by atoms with E-state index < -0.39 is 0 Å². The molecule has 0 amide bonds. The maximum Gasteiger partial charge on any atom is 0.165 e. The molecule has 2 aromatic rings. The van der Waals surface area contributed by atoms with Crippen LogP contribution in [0.1, 0.15) is 18.4 Å². The van der Waals surface area contributed by atoms with Crippen molar-refractivity contribution in [1.29, 1.82) is 0 Å². The molecule has 0 aliphatic heterocycles. The van der Waals surface area contributed by atoms with E-state index in [1.807, 2.05) is 36.4 Å². The van der Waals surface area contributed by atoms with Crippen LogP contribution in [0.15, 0.2) is 60.7 Å². The van der Waals surface area contributed by atoms with Gasteiger partial charge in [-0.15, -0.1) is 0 Å². The van der Waals surface area contributed by atoms with E-state index in [0.29, 0.717) is 5.75 Å². The zero-order valence-electron chi connectivity index (χ0n) is 11.3. The Morgan fingerprint density at radius 2 is 1.90 bits per heavy atom. The molecule has 20 heavy (non-hydrogen) atoms. The normalized spacial score (nSPS) is 14.7. The van der Waals surface area contributed by atoms with Gasteiger partial charge in [0, 0.05) is 0 Å². The van der Waals surface area contributed by atoms with Gasteiger partial charge in [0.15, 0.2) is 11.6 Å². The molecule has 2 aromatic carbocycles. The zero-order valence-corrected chi connectivity index (χ0v) is 11.3. The maximum atomic E-state index is 13.8. The third kappa shape index (κ3) is 3.47. The van der Waals surface area contributed by atoms with Gasteiger partial charge in [0.2, 0.25) is 0 Å². The summed E-state index contributed by atoms with van der Waals surface area (Å²) >= 11 is 0. The summed E-state index contributed by atoms with van der Waals surface area (Å²) in [5.41, 5.74) is 1.06. The fraction of sp³-hybridized carbons (Fsp3) is 0.222.